The summed E-state index contributed by atoms with van der Waals surface area (Å²) in [4.78, 5) is 0. The molecule has 0 amide bonds. The van der Waals surface area contributed by atoms with Gasteiger partial charge in [0.05, 0.1) is 0 Å². The molecule has 1 aromatic rings. The molecule has 2 aliphatic carbocycles. The lowest BCUT2D eigenvalue weighted by Gasteiger charge is -2.24. The molecule has 0 heterocycles. The minimum absolute atomic E-state index is 0.260. The van der Waals surface area contributed by atoms with Crippen molar-refractivity contribution in [2.75, 3.05) is 0 Å². The highest BCUT2D eigenvalue weighted by molar-refractivity contribution is 5.37. The molecule has 1 aromatic carbocycles. The molecule has 1 fully saturated rings. The molecule has 2 unspecified atom stereocenters. The van der Waals surface area contributed by atoms with Crippen molar-refractivity contribution in [1.82, 2.24) is 0 Å². The average Bonchev–Trinajstić information content (AvgIpc) is 2.59. The van der Waals surface area contributed by atoms with Crippen LogP contribution < -0.4 is 5.73 Å². The first-order chi connectivity index (χ1) is 9.24. The van der Waals surface area contributed by atoms with Crippen LogP contribution in [-0.2, 0) is 6.42 Å². The van der Waals surface area contributed by atoms with Gasteiger partial charge in [-0.05, 0) is 60.6 Å². The van der Waals surface area contributed by atoms with Gasteiger partial charge < -0.3 is 5.73 Å². The van der Waals surface area contributed by atoms with E-state index in [0.717, 1.165) is 18.3 Å². The minimum Gasteiger partial charge on any atom is -0.324 e. The number of aryl methyl sites for hydroxylation is 1. The van der Waals surface area contributed by atoms with Crippen molar-refractivity contribution in [2.45, 2.75) is 70.3 Å². The smallest absolute Gasteiger partial charge is 0.0300 e. The van der Waals surface area contributed by atoms with E-state index in [1.165, 1.54) is 56.1 Å². The Bertz CT molecular complexity index is 431. The van der Waals surface area contributed by atoms with E-state index in [1.54, 1.807) is 5.56 Å². The number of hydrogen-bond acceptors (Lipinski definition) is 1. The van der Waals surface area contributed by atoms with Gasteiger partial charge in [-0.3, -0.25) is 0 Å². The zero-order valence-corrected chi connectivity index (χ0v) is 12.2. The summed E-state index contributed by atoms with van der Waals surface area (Å²) in [5.41, 5.74) is 11.0. The summed E-state index contributed by atoms with van der Waals surface area (Å²) in [6, 6.07) is 7.47. The Morgan fingerprint density at radius 1 is 1.05 bits per heavy atom. The van der Waals surface area contributed by atoms with Gasteiger partial charge in [0.1, 0.15) is 0 Å². The molecule has 0 aliphatic heterocycles. The maximum Gasteiger partial charge on any atom is 0.0300 e. The van der Waals surface area contributed by atoms with Gasteiger partial charge in [-0.2, -0.15) is 0 Å². The van der Waals surface area contributed by atoms with Crippen LogP contribution in [0.2, 0.25) is 0 Å². The fraction of sp³-hybridized carbons (Fsp3) is 0.667. The second-order valence-electron chi connectivity index (χ2n) is 6.78. The lowest BCUT2D eigenvalue weighted by Crippen LogP contribution is -2.14. The van der Waals surface area contributed by atoms with Crippen molar-refractivity contribution in [3.05, 3.63) is 34.9 Å². The van der Waals surface area contributed by atoms with E-state index in [-0.39, 0.29) is 6.04 Å². The summed E-state index contributed by atoms with van der Waals surface area (Å²) in [6.45, 7) is 2.34. The lowest BCUT2D eigenvalue weighted by atomic mass is 9.82. The van der Waals surface area contributed by atoms with E-state index in [0.29, 0.717) is 0 Å². The predicted octanol–water partition coefficient (Wildman–Crippen LogP) is 4.71. The Kier molecular flexibility index (Phi) is 3.93. The molecule has 0 bridgehead atoms. The van der Waals surface area contributed by atoms with Crippen LogP contribution >= 0.6 is 0 Å². The quantitative estimate of drug-likeness (QED) is 0.725. The fourth-order valence-corrected chi connectivity index (χ4v) is 3.96. The third-order valence-electron chi connectivity index (χ3n) is 5.21. The van der Waals surface area contributed by atoms with Crippen LogP contribution in [0.25, 0.3) is 0 Å². The van der Waals surface area contributed by atoms with E-state index in [9.17, 15) is 0 Å². The SMILES string of the molecule is CC1CCc2ccc(C3CCCCC3)cc2C(N)C1. The fourth-order valence-electron chi connectivity index (χ4n) is 3.96. The number of benzene rings is 1. The molecule has 1 saturated carbocycles. The number of hydrogen-bond donors (Lipinski definition) is 1. The number of fused-ring (bicyclic) bond motifs is 1. The summed E-state index contributed by atoms with van der Waals surface area (Å²) >= 11 is 0. The first-order valence-corrected chi connectivity index (χ1v) is 8.12. The van der Waals surface area contributed by atoms with E-state index in [1.807, 2.05) is 0 Å². The highest BCUT2D eigenvalue weighted by atomic mass is 14.6. The molecule has 2 aliphatic rings. The van der Waals surface area contributed by atoms with Gasteiger partial charge >= 0.3 is 0 Å². The van der Waals surface area contributed by atoms with E-state index < -0.39 is 0 Å². The van der Waals surface area contributed by atoms with Crippen molar-refractivity contribution in [1.29, 1.82) is 0 Å². The van der Waals surface area contributed by atoms with Crippen LogP contribution in [0.5, 0.6) is 0 Å². The Morgan fingerprint density at radius 3 is 2.63 bits per heavy atom. The molecule has 0 saturated heterocycles. The summed E-state index contributed by atoms with van der Waals surface area (Å²) in [5.74, 6) is 1.56. The minimum atomic E-state index is 0.260. The van der Waals surface area contributed by atoms with E-state index in [2.05, 4.69) is 25.1 Å². The van der Waals surface area contributed by atoms with Crippen molar-refractivity contribution < 1.29 is 0 Å². The summed E-state index contributed by atoms with van der Waals surface area (Å²) in [5, 5.41) is 0. The van der Waals surface area contributed by atoms with Crippen LogP contribution in [0.15, 0.2) is 18.2 Å². The van der Waals surface area contributed by atoms with Crippen LogP contribution in [0.3, 0.4) is 0 Å². The maximum absolute atomic E-state index is 6.44. The Morgan fingerprint density at radius 2 is 1.84 bits per heavy atom. The van der Waals surface area contributed by atoms with Crippen LogP contribution in [-0.4, -0.2) is 0 Å². The van der Waals surface area contributed by atoms with E-state index in [4.69, 9.17) is 5.73 Å². The topological polar surface area (TPSA) is 26.0 Å². The molecule has 0 radical (unpaired) electrons. The molecule has 1 heteroatoms. The second-order valence-corrected chi connectivity index (χ2v) is 6.78. The van der Waals surface area contributed by atoms with Crippen molar-refractivity contribution in [3.63, 3.8) is 0 Å². The summed E-state index contributed by atoms with van der Waals surface area (Å²) in [6.07, 6.45) is 10.7. The molecule has 3 rings (SSSR count). The standard InChI is InChI=1S/C18H27N/c1-13-7-8-15-9-10-16(12-17(15)18(19)11-13)14-5-3-2-4-6-14/h9-10,12-14,18H,2-8,11,19H2,1H3. The number of nitrogens with two attached hydrogens (primary N) is 1. The second kappa shape index (κ2) is 5.66. The molecule has 1 nitrogen and oxygen atoms in total. The third-order valence-corrected chi connectivity index (χ3v) is 5.21. The zero-order chi connectivity index (χ0) is 13.2. The van der Waals surface area contributed by atoms with Crippen molar-refractivity contribution in [3.8, 4) is 0 Å². The normalized spacial score (nSPS) is 28.7. The van der Waals surface area contributed by atoms with Crippen molar-refractivity contribution >= 4 is 0 Å². The van der Waals surface area contributed by atoms with Gasteiger partial charge in [-0.1, -0.05) is 44.4 Å². The molecular formula is C18H27N. The Labute approximate surface area is 117 Å². The third kappa shape index (κ3) is 2.86. The van der Waals surface area contributed by atoms with Gasteiger partial charge in [0.15, 0.2) is 0 Å². The van der Waals surface area contributed by atoms with Crippen LogP contribution in [0, 0.1) is 5.92 Å². The van der Waals surface area contributed by atoms with Crippen LogP contribution in [0.4, 0.5) is 0 Å². The van der Waals surface area contributed by atoms with Gasteiger partial charge in [-0.15, -0.1) is 0 Å². The molecule has 0 spiro atoms. The number of rotatable bonds is 1. The predicted molar refractivity (Wildman–Crippen MR) is 81.3 cm³/mol. The average molecular weight is 257 g/mol. The van der Waals surface area contributed by atoms with Gasteiger partial charge in [0.25, 0.3) is 0 Å². The Balaban J connectivity index is 1.87. The van der Waals surface area contributed by atoms with E-state index >= 15 is 0 Å². The van der Waals surface area contributed by atoms with Gasteiger partial charge in [-0.25, -0.2) is 0 Å². The zero-order valence-electron chi connectivity index (χ0n) is 12.2. The maximum atomic E-state index is 6.44. The largest absolute Gasteiger partial charge is 0.324 e. The van der Waals surface area contributed by atoms with Gasteiger partial charge in [0.2, 0.25) is 0 Å². The molecule has 0 aromatic heterocycles. The Hall–Kier alpha value is -0.820. The van der Waals surface area contributed by atoms with Crippen molar-refractivity contribution in [2.24, 2.45) is 11.7 Å². The van der Waals surface area contributed by atoms with Gasteiger partial charge in [0, 0.05) is 6.04 Å². The summed E-state index contributed by atoms with van der Waals surface area (Å²) < 4.78 is 0. The highest BCUT2D eigenvalue weighted by Gasteiger charge is 2.22. The lowest BCUT2D eigenvalue weighted by molar-refractivity contribution is 0.442. The molecule has 2 atom stereocenters. The monoisotopic (exact) mass is 257 g/mol. The molecular weight excluding hydrogens is 230 g/mol. The van der Waals surface area contributed by atoms with Crippen LogP contribution in [0.1, 0.15) is 80.5 Å². The summed E-state index contributed by atoms with van der Waals surface area (Å²) in [7, 11) is 0. The first kappa shape index (κ1) is 13.2. The molecule has 104 valence electrons. The molecule has 2 N–H and O–H groups in total. The first-order valence-electron chi connectivity index (χ1n) is 8.12. The molecule has 19 heavy (non-hydrogen) atoms. The highest BCUT2D eigenvalue weighted by Crippen LogP contribution is 2.36.